The number of benzene rings is 1. The molecule has 2 saturated heterocycles. The van der Waals surface area contributed by atoms with Gasteiger partial charge in [0.05, 0.1) is 30.3 Å². The lowest BCUT2D eigenvalue weighted by atomic mass is 9.98. The summed E-state index contributed by atoms with van der Waals surface area (Å²) in [5.41, 5.74) is 1.19. The van der Waals surface area contributed by atoms with Crippen LogP contribution in [0.1, 0.15) is 17.5 Å². The summed E-state index contributed by atoms with van der Waals surface area (Å²) in [6.07, 6.45) is 0.871. The van der Waals surface area contributed by atoms with Crippen LogP contribution in [0.3, 0.4) is 0 Å². The maximum atomic E-state index is 13.2. The molecule has 1 aromatic carbocycles. The summed E-state index contributed by atoms with van der Waals surface area (Å²) >= 11 is 0. The van der Waals surface area contributed by atoms with E-state index in [0.717, 1.165) is 25.1 Å². The highest BCUT2D eigenvalue weighted by molar-refractivity contribution is 5.77. The number of carbonyl (C=O) groups excluding carboxylic acids is 1. The number of amides is 2. The van der Waals surface area contributed by atoms with Crippen LogP contribution in [-0.2, 0) is 11.3 Å². The smallest absolute Gasteiger partial charge is 0.318 e. The molecule has 1 aromatic rings. The SMILES string of the molecule is COCCN1C(=O)N[C@@H]2CN(Cc3ccc(F)cc3C#N)CC[C@@H]21. The molecule has 24 heavy (non-hydrogen) atoms. The molecule has 7 heteroatoms. The number of ether oxygens (including phenoxy) is 1. The fourth-order valence-electron chi connectivity index (χ4n) is 3.55. The van der Waals surface area contributed by atoms with Crippen molar-refractivity contribution in [3.8, 4) is 6.07 Å². The molecule has 0 unspecified atom stereocenters. The number of hydrogen-bond donors (Lipinski definition) is 1. The van der Waals surface area contributed by atoms with E-state index in [-0.39, 0.29) is 18.1 Å². The predicted molar refractivity (Wildman–Crippen MR) is 85.7 cm³/mol. The Morgan fingerprint density at radius 2 is 2.33 bits per heavy atom. The molecule has 2 heterocycles. The van der Waals surface area contributed by atoms with Gasteiger partial charge in [0.15, 0.2) is 0 Å². The molecule has 2 aliphatic heterocycles. The summed E-state index contributed by atoms with van der Waals surface area (Å²) in [7, 11) is 1.63. The summed E-state index contributed by atoms with van der Waals surface area (Å²) in [5, 5.41) is 12.2. The van der Waals surface area contributed by atoms with Gasteiger partial charge in [0.25, 0.3) is 0 Å². The predicted octanol–water partition coefficient (Wildman–Crippen LogP) is 1.31. The van der Waals surface area contributed by atoms with Crippen molar-refractivity contribution in [2.45, 2.75) is 25.0 Å². The minimum absolute atomic E-state index is 0.0385. The van der Waals surface area contributed by atoms with Gasteiger partial charge >= 0.3 is 6.03 Å². The fourth-order valence-corrected chi connectivity index (χ4v) is 3.55. The minimum Gasteiger partial charge on any atom is -0.383 e. The monoisotopic (exact) mass is 332 g/mol. The van der Waals surface area contributed by atoms with Gasteiger partial charge in [0.1, 0.15) is 5.82 Å². The topological polar surface area (TPSA) is 68.6 Å². The largest absolute Gasteiger partial charge is 0.383 e. The molecule has 0 aromatic heterocycles. The summed E-state index contributed by atoms with van der Waals surface area (Å²) in [6.45, 7) is 3.27. The Kier molecular flexibility index (Phi) is 4.97. The van der Waals surface area contributed by atoms with Gasteiger partial charge in [-0.15, -0.1) is 0 Å². The Morgan fingerprint density at radius 3 is 3.08 bits per heavy atom. The second kappa shape index (κ2) is 7.16. The van der Waals surface area contributed by atoms with Crippen molar-refractivity contribution in [1.29, 1.82) is 5.26 Å². The third-order valence-electron chi connectivity index (χ3n) is 4.75. The molecule has 2 aliphatic rings. The Morgan fingerprint density at radius 1 is 1.50 bits per heavy atom. The Hall–Kier alpha value is -2.17. The standard InChI is InChI=1S/C17H21FN4O2/c1-24-7-6-22-16-4-5-21(11-15(16)20-17(22)23)10-12-2-3-14(18)8-13(12)9-19/h2-3,8,15-16H,4-7,10-11H2,1H3,(H,20,23)/t15-,16+/m1/s1. The first-order valence-corrected chi connectivity index (χ1v) is 8.09. The molecular formula is C17H21FN4O2. The lowest BCUT2D eigenvalue weighted by Gasteiger charge is -2.36. The molecule has 0 saturated carbocycles. The molecule has 3 rings (SSSR count). The minimum atomic E-state index is -0.397. The molecule has 2 atom stereocenters. The van der Waals surface area contributed by atoms with E-state index in [1.54, 1.807) is 13.2 Å². The number of rotatable bonds is 5. The van der Waals surface area contributed by atoms with E-state index in [1.807, 2.05) is 4.90 Å². The maximum Gasteiger partial charge on any atom is 0.318 e. The zero-order valence-electron chi connectivity index (χ0n) is 13.7. The van der Waals surface area contributed by atoms with Gasteiger partial charge in [0, 0.05) is 33.3 Å². The van der Waals surface area contributed by atoms with Crippen LogP contribution in [0.4, 0.5) is 9.18 Å². The van der Waals surface area contributed by atoms with Crippen molar-refractivity contribution in [2.24, 2.45) is 0 Å². The van der Waals surface area contributed by atoms with Gasteiger partial charge in [-0.3, -0.25) is 4.90 Å². The maximum absolute atomic E-state index is 13.2. The molecule has 0 radical (unpaired) electrons. The number of nitrogens with one attached hydrogen (secondary N) is 1. The number of halogens is 1. The van der Waals surface area contributed by atoms with Gasteiger partial charge in [-0.1, -0.05) is 6.07 Å². The number of likely N-dealkylation sites (tertiary alicyclic amines) is 1. The number of fused-ring (bicyclic) bond motifs is 1. The van der Waals surface area contributed by atoms with E-state index >= 15 is 0 Å². The van der Waals surface area contributed by atoms with Crippen molar-refractivity contribution in [1.82, 2.24) is 15.1 Å². The van der Waals surface area contributed by atoms with Crippen LogP contribution in [-0.4, -0.2) is 61.3 Å². The van der Waals surface area contributed by atoms with Gasteiger partial charge < -0.3 is 15.0 Å². The number of urea groups is 1. The van der Waals surface area contributed by atoms with Crippen LogP contribution in [0.5, 0.6) is 0 Å². The number of nitriles is 1. The van der Waals surface area contributed by atoms with Crippen molar-refractivity contribution in [3.05, 3.63) is 35.1 Å². The lowest BCUT2D eigenvalue weighted by molar-refractivity contribution is 0.111. The third-order valence-corrected chi connectivity index (χ3v) is 4.75. The molecule has 2 amide bonds. The van der Waals surface area contributed by atoms with Crippen molar-refractivity contribution >= 4 is 6.03 Å². The zero-order chi connectivity index (χ0) is 17.1. The average Bonchev–Trinajstić information content (AvgIpc) is 2.89. The third kappa shape index (κ3) is 3.35. The number of nitrogens with zero attached hydrogens (tertiary/aromatic N) is 3. The number of carbonyl (C=O) groups is 1. The van der Waals surface area contributed by atoms with E-state index in [4.69, 9.17) is 10.00 Å². The molecule has 0 spiro atoms. The molecule has 2 fully saturated rings. The number of methoxy groups -OCH3 is 1. The number of piperidine rings is 1. The van der Waals surface area contributed by atoms with Crippen LogP contribution in [0.15, 0.2) is 18.2 Å². The van der Waals surface area contributed by atoms with Gasteiger partial charge in [-0.25, -0.2) is 9.18 Å². The first-order valence-electron chi connectivity index (χ1n) is 8.09. The zero-order valence-corrected chi connectivity index (χ0v) is 13.7. The molecule has 6 nitrogen and oxygen atoms in total. The van der Waals surface area contributed by atoms with E-state index in [1.165, 1.54) is 12.1 Å². The lowest BCUT2D eigenvalue weighted by Crippen LogP contribution is -2.51. The Balaban J connectivity index is 1.64. The molecule has 0 bridgehead atoms. The molecule has 0 aliphatic carbocycles. The highest BCUT2D eigenvalue weighted by atomic mass is 19.1. The second-order valence-electron chi connectivity index (χ2n) is 6.25. The fraction of sp³-hybridized carbons (Fsp3) is 0.529. The summed E-state index contributed by atoms with van der Waals surface area (Å²) in [4.78, 5) is 16.2. The Bertz CT molecular complexity index is 660. The summed E-state index contributed by atoms with van der Waals surface area (Å²) in [5.74, 6) is -0.397. The number of hydrogen-bond acceptors (Lipinski definition) is 4. The Labute approximate surface area is 140 Å². The summed E-state index contributed by atoms with van der Waals surface area (Å²) in [6, 6.07) is 6.59. The van der Waals surface area contributed by atoms with E-state index in [9.17, 15) is 9.18 Å². The molecular weight excluding hydrogens is 311 g/mol. The van der Waals surface area contributed by atoms with E-state index in [2.05, 4.69) is 16.3 Å². The van der Waals surface area contributed by atoms with E-state index in [0.29, 0.717) is 25.3 Å². The van der Waals surface area contributed by atoms with Crippen molar-refractivity contribution in [3.63, 3.8) is 0 Å². The van der Waals surface area contributed by atoms with Gasteiger partial charge in [-0.05, 0) is 24.1 Å². The normalized spacial score (nSPS) is 23.7. The van der Waals surface area contributed by atoms with Crippen molar-refractivity contribution in [2.75, 3.05) is 33.4 Å². The highest BCUT2D eigenvalue weighted by Gasteiger charge is 2.42. The molecule has 1 N–H and O–H groups in total. The van der Waals surface area contributed by atoms with Crippen LogP contribution in [0, 0.1) is 17.1 Å². The van der Waals surface area contributed by atoms with Gasteiger partial charge in [-0.2, -0.15) is 5.26 Å². The first kappa shape index (κ1) is 16.7. The van der Waals surface area contributed by atoms with Crippen molar-refractivity contribution < 1.29 is 13.9 Å². The van der Waals surface area contributed by atoms with Crippen LogP contribution in [0.2, 0.25) is 0 Å². The molecule has 128 valence electrons. The second-order valence-corrected chi connectivity index (χ2v) is 6.25. The van der Waals surface area contributed by atoms with Crippen LogP contribution in [0.25, 0.3) is 0 Å². The van der Waals surface area contributed by atoms with Crippen LogP contribution < -0.4 is 5.32 Å². The average molecular weight is 332 g/mol. The van der Waals surface area contributed by atoms with Gasteiger partial charge in [0.2, 0.25) is 0 Å². The highest BCUT2D eigenvalue weighted by Crippen LogP contribution is 2.24. The van der Waals surface area contributed by atoms with Crippen LogP contribution >= 0.6 is 0 Å². The first-order chi connectivity index (χ1) is 11.6. The van der Waals surface area contributed by atoms with E-state index < -0.39 is 5.82 Å². The summed E-state index contributed by atoms with van der Waals surface area (Å²) < 4.78 is 18.3. The quantitative estimate of drug-likeness (QED) is 0.883.